The van der Waals surface area contributed by atoms with Crippen molar-refractivity contribution in [2.75, 3.05) is 5.32 Å². The molecule has 0 saturated carbocycles. The molecule has 11 heteroatoms. The van der Waals surface area contributed by atoms with Crippen molar-refractivity contribution in [1.82, 2.24) is 9.78 Å². The molecule has 1 aromatic heterocycles. The molecule has 0 unspecified atom stereocenters. The fraction of sp³-hybridized carbons (Fsp3) is 0.111. The molecule has 29 heavy (non-hydrogen) atoms. The Morgan fingerprint density at radius 1 is 1.14 bits per heavy atom. The summed E-state index contributed by atoms with van der Waals surface area (Å²) in [7, 11) is 0. The van der Waals surface area contributed by atoms with Crippen LogP contribution in [-0.2, 0) is 6.73 Å². The van der Waals surface area contributed by atoms with E-state index in [0.29, 0.717) is 15.8 Å². The van der Waals surface area contributed by atoms with Gasteiger partial charge in [-0.15, -0.1) is 0 Å². The average molecular weight is 446 g/mol. The average Bonchev–Trinajstić information content (AvgIpc) is 3.12. The van der Waals surface area contributed by atoms with E-state index in [1.807, 2.05) is 0 Å². The third-order valence-electron chi connectivity index (χ3n) is 3.53. The minimum Gasteiger partial charge on any atom is -0.470 e. The fourth-order valence-electron chi connectivity index (χ4n) is 2.26. The van der Waals surface area contributed by atoms with Gasteiger partial charge in [0.1, 0.15) is 11.6 Å². The molecule has 0 aliphatic rings. The molecule has 2 aromatic carbocycles. The summed E-state index contributed by atoms with van der Waals surface area (Å²) in [6, 6.07) is 8.93. The second-order valence-electron chi connectivity index (χ2n) is 5.56. The van der Waals surface area contributed by atoms with Crippen LogP contribution >= 0.6 is 23.2 Å². The number of anilines is 1. The first kappa shape index (κ1) is 20.8. The fourth-order valence-corrected chi connectivity index (χ4v) is 2.72. The minimum atomic E-state index is -3.18. The first-order valence-corrected chi connectivity index (χ1v) is 8.74. The third-order valence-corrected chi connectivity index (χ3v) is 4.06. The number of hydrogen-bond donors (Lipinski definition) is 1. The number of nitrogens with one attached hydrogen (secondary N) is 1. The van der Waals surface area contributed by atoms with Crippen molar-refractivity contribution in [1.29, 1.82) is 0 Å². The van der Waals surface area contributed by atoms with Crippen LogP contribution in [0.4, 0.5) is 18.9 Å². The van der Waals surface area contributed by atoms with Gasteiger partial charge in [0.15, 0.2) is 18.2 Å². The van der Waals surface area contributed by atoms with Crippen LogP contribution in [-0.4, -0.2) is 22.3 Å². The summed E-state index contributed by atoms with van der Waals surface area (Å²) in [5.74, 6) is -1.63. The highest BCUT2D eigenvalue weighted by molar-refractivity contribution is 6.35. The number of rotatable bonds is 7. The van der Waals surface area contributed by atoms with Crippen molar-refractivity contribution in [3.63, 3.8) is 0 Å². The number of aromatic nitrogens is 2. The molecule has 0 spiro atoms. The maximum atomic E-state index is 13.3. The molecule has 0 fully saturated rings. The lowest BCUT2D eigenvalue weighted by Gasteiger charge is -2.11. The highest BCUT2D eigenvalue weighted by Gasteiger charge is 2.16. The van der Waals surface area contributed by atoms with Crippen molar-refractivity contribution < 1.29 is 27.4 Å². The van der Waals surface area contributed by atoms with Crippen LogP contribution in [0.15, 0.2) is 48.7 Å². The van der Waals surface area contributed by atoms with Gasteiger partial charge in [0.2, 0.25) is 0 Å². The Morgan fingerprint density at radius 3 is 2.66 bits per heavy atom. The number of nitrogens with zero attached hydrogens (tertiary/aromatic N) is 2. The van der Waals surface area contributed by atoms with Crippen LogP contribution in [0.5, 0.6) is 11.5 Å². The molecule has 1 heterocycles. The lowest BCUT2D eigenvalue weighted by molar-refractivity contribution is -0.0495. The quantitative estimate of drug-likeness (QED) is 0.541. The standard InChI is InChI=1S/C18H12Cl2F3N3O3/c19-10-1-4-15(12(20)7-10)28-9-26-6-5-14(25-26)17(27)24-13-3-2-11(21)8-16(13)29-18(22)23/h1-8,18H,9H2,(H,24,27). The molecular weight excluding hydrogens is 434 g/mol. The number of carbonyl (C=O) groups is 1. The van der Waals surface area contributed by atoms with E-state index in [9.17, 15) is 18.0 Å². The summed E-state index contributed by atoms with van der Waals surface area (Å²) in [6.07, 6.45) is 1.47. The maximum absolute atomic E-state index is 13.3. The Balaban J connectivity index is 1.66. The van der Waals surface area contributed by atoms with E-state index in [4.69, 9.17) is 27.9 Å². The second-order valence-corrected chi connectivity index (χ2v) is 6.41. The van der Waals surface area contributed by atoms with Crippen molar-refractivity contribution in [2.45, 2.75) is 13.3 Å². The minimum absolute atomic E-state index is 0.0249. The Morgan fingerprint density at radius 2 is 1.93 bits per heavy atom. The van der Waals surface area contributed by atoms with Gasteiger partial charge in [0.05, 0.1) is 10.7 Å². The number of hydrogen-bond acceptors (Lipinski definition) is 4. The summed E-state index contributed by atoms with van der Waals surface area (Å²) in [5, 5.41) is 7.14. The van der Waals surface area contributed by atoms with E-state index in [-0.39, 0.29) is 18.1 Å². The van der Waals surface area contributed by atoms with Crippen LogP contribution in [0, 0.1) is 5.82 Å². The Bertz CT molecular complexity index is 1030. The molecule has 0 bridgehead atoms. The van der Waals surface area contributed by atoms with Gasteiger partial charge in [-0.3, -0.25) is 4.79 Å². The predicted octanol–water partition coefficient (Wildman–Crippen LogP) is 5.22. The third kappa shape index (κ3) is 5.55. The molecule has 0 aliphatic carbocycles. The van der Waals surface area contributed by atoms with E-state index in [2.05, 4.69) is 15.2 Å². The summed E-state index contributed by atoms with van der Waals surface area (Å²) in [5.41, 5.74) is -0.154. The van der Waals surface area contributed by atoms with Crippen LogP contribution in [0.2, 0.25) is 10.0 Å². The van der Waals surface area contributed by atoms with Crippen LogP contribution in [0.3, 0.4) is 0 Å². The molecule has 3 rings (SSSR count). The number of halogens is 5. The van der Waals surface area contributed by atoms with Gasteiger partial charge in [-0.25, -0.2) is 9.07 Å². The van der Waals surface area contributed by atoms with Gasteiger partial charge in [-0.1, -0.05) is 23.2 Å². The lowest BCUT2D eigenvalue weighted by atomic mass is 10.2. The van der Waals surface area contributed by atoms with Crippen molar-refractivity contribution in [3.8, 4) is 11.5 Å². The first-order chi connectivity index (χ1) is 13.8. The summed E-state index contributed by atoms with van der Waals surface area (Å²) in [4.78, 5) is 12.3. The van der Waals surface area contributed by atoms with E-state index < -0.39 is 24.1 Å². The van der Waals surface area contributed by atoms with Crippen molar-refractivity contribution in [3.05, 3.63) is 70.2 Å². The molecule has 0 radical (unpaired) electrons. The monoisotopic (exact) mass is 445 g/mol. The number of carbonyl (C=O) groups excluding carboxylic acids is 1. The van der Waals surface area contributed by atoms with Crippen LogP contribution < -0.4 is 14.8 Å². The normalized spacial score (nSPS) is 10.8. The SMILES string of the molecule is O=C(Nc1ccc(F)cc1OC(F)F)c1ccn(COc2ccc(Cl)cc2Cl)n1. The zero-order valence-electron chi connectivity index (χ0n) is 14.4. The van der Waals surface area contributed by atoms with Gasteiger partial charge in [-0.2, -0.15) is 13.9 Å². The molecule has 0 saturated heterocycles. The number of ether oxygens (including phenoxy) is 2. The van der Waals surface area contributed by atoms with E-state index in [1.165, 1.54) is 23.0 Å². The molecule has 3 aromatic rings. The van der Waals surface area contributed by atoms with Crippen molar-refractivity contribution >= 4 is 34.8 Å². The van der Waals surface area contributed by atoms with Crippen LogP contribution in [0.25, 0.3) is 0 Å². The molecule has 0 aliphatic heterocycles. The van der Waals surface area contributed by atoms with E-state index in [0.717, 1.165) is 18.2 Å². The van der Waals surface area contributed by atoms with Crippen molar-refractivity contribution in [2.24, 2.45) is 0 Å². The highest BCUT2D eigenvalue weighted by Crippen LogP contribution is 2.28. The summed E-state index contributed by atoms with van der Waals surface area (Å²) in [6.45, 7) is -3.23. The zero-order valence-corrected chi connectivity index (χ0v) is 15.9. The molecule has 1 amide bonds. The van der Waals surface area contributed by atoms with Gasteiger partial charge in [-0.05, 0) is 36.4 Å². The topological polar surface area (TPSA) is 65.4 Å². The number of amides is 1. The number of alkyl halides is 2. The second kappa shape index (κ2) is 9.06. The predicted molar refractivity (Wildman–Crippen MR) is 100 cm³/mol. The molecule has 152 valence electrons. The largest absolute Gasteiger partial charge is 0.470 e. The van der Waals surface area contributed by atoms with E-state index in [1.54, 1.807) is 12.1 Å². The molecule has 0 atom stereocenters. The Kier molecular flexibility index (Phi) is 6.50. The van der Waals surface area contributed by atoms with Crippen LogP contribution in [0.1, 0.15) is 10.5 Å². The summed E-state index contributed by atoms with van der Waals surface area (Å²) < 4.78 is 49.2. The highest BCUT2D eigenvalue weighted by atomic mass is 35.5. The Labute approximate surface area is 172 Å². The first-order valence-electron chi connectivity index (χ1n) is 7.99. The molecule has 6 nitrogen and oxygen atoms in total. The smallest absolute Gasteiger partial charge is 0.387 e. The number of benzene rings is 2. The maximum Gasteiger partial charge on any atom is 0.387 e. The van der Waals surface area contributed by atoms with Gasteiger partial charge < -0.3 is 14.8 Å². The summed E-state index contributed by atoms with van der Waals surface area (Å²) >= 11 is 11.8. The Hall–Kier alpha value is -2.91. The molecular formula is C18H12Cl2F3N3O3. The van der Waals surface area contributed by atoms with Gasteiger partial charge in [0, 0.05) is 17.3 Å². The molecule has 1 N–H and O–H groups in total. The van der Waals surface area contributed by atoms with Gasteiger partial charge in [0.25, 0.3) is 5.91 Å². The lowest BCUT2D eigenvalue weighted by Crippen LogP contribution is -2.15. The zero-order chi connectivity index (χ0) is 21.0. The van der Waals surface area contributed by atoms with E-state index >= 15 is 0 Å². The van der Waals surface area contributed by atoms with Gasteiger partial charge >= 0.3 is 6.61 Å².